The highest BCUT2D eigenvalue weighted by Crippen LogP contribution is 2.17. The van der Waals surface area contributed by atoms with Crippen molar-refractivity contribution in [2.24, 2.45) is 0 Å². The Balaban J connectivity index is 2.12. The Bertz CT molecular complexity index is 798. The van der Waals surface area contributed by atoms with Crippen LogP contribution in [0.5, 0.6) is 5.75 Å². The number of nitrogens with zero attached hydrogens (tertiary/aromatic N) is 1. The van der Waals surface area contributed by atoms with Gasteiger partial charge in [-0.05, 0) is 55.3 Å². The largest absolute Gasteiger partial charge is 0.484 e. The molecule has 2 aromatic carbocycles. The van der Waals surface area contributed by atoms with Crippen LogP contribution in [0.4, 0.5) is 0 Å². The zero-order chi connectivity index (χ0) is 20.5. The van der Waals surface area contributed by atoms with Gasteiger partial charge in [-0.3, -0.25) is 9.59 Å². The van der Waals surface area contributed by atoms with Gasteiger partial charge in [-0.15, -0.1) is 0 Å². The van der Waals surface area contributed by atoms with Crippen LogP contribution in [0.1, 0.15) is 25.8 Å². The number of ether oxygens (including phenoxy) is 1. The third kappa shape index (κ3) is 6.84. The smallest absolute Gasteiger partial charge is 0.261 e. The summed E-state index contributed by atoms with van der Waals surface area (Å²) in [5, 5.41) is 3.44. The van der Waals surface area contributed by atoms with Gasteiger partial charge in [0.1, 0.15) is 11.8 Å². The van der Waals surface area contributed by atoms with Gasteiger partial charge in [-0.2, -0.15) is 0 Å². The molecule has 0 aliphatic rings. The lowest BCUT2D eigenvalue weighted by atomic mass is 10.1. The summed E-state index contributed by atoms with van der Waals surface area (Å²) in [6.45, 7) is 4.42. The maximum absolute atomic E-state index is 12.9. The zero-order valence-corrected chi connectivity index (χ0v) is 18.3. The highest BCUT2D eigenvalue weighted by Gasteiger charge is 2.26. The Morgan fingerprint density at radius 1 is 1.21 bits per heavy atom. The lowest BCUT2D eigenvalue weighted by Crippen LogP contribution is -2.49. The second kappa shape index (κ2) is 11.1. The van der Waals surface area contributed by atoms with Crippen molar-refractivity contribution in [3.8, 4) is 5.75 Å². The molecule has 28 heavy (non-hydrogen) atoms. The molecule has 150 valence electrons. The quantitative estimate of drug-likeness (QED) is 0.594. The van der Waals surface area contributed by atoms with E-state index in [9.17, 15) is 9.59 Å². The Labute approximate surface area is 179 Å². The number of amides is 2. The predicted octanol–water partition coefficient (Wildman–Crippen LogP) is 4.42. The third-order valence-corrected chi connectivity index (χ3v) is 4.88. The zero-order valence-electron chi connectivity index (χ0n) is 16.0. The molecule has 0 aliphatic carbocycles. The highest BCUT2D eigenvalue weighted by molar-refractivity contribution is 9.10. The summed E-state index contributed by atoms with van der Waals surface area (Å²) in [4.78, 5) is 26.9. The second-order valence-electron chi connectivity index (χ2n) is 6.36. The summed E-state index contributed by atoms with van der Waals surface area (Å²) < 4.78 is 6.50. The summed E-state index contributed by atoms with van der Waals surface area (Å²) in [6, 6.07) is 13.8. The molecule has 2 amide bonds. The van der Waals surface area contributed by atoms with Crippen molar-refractivity contribution >= 4 is 39.3 Å². The van der Waals surface area contributed by atoms with E-state index in [1.807, 2.05) is 31.2 Å². The molecule has 0 heterocycles. The maximum atomic E-state index is 12.9. The van der Waals surface area contributed by atoms with Gasteiger partial charge in [-0.25, -0.2) is 0 Å². The molecule has 0 saturated heterocycles. The monoisotopic (exact) mass is 466 g/mol. The molecule has 0 aromatic heterocycles. The van der Waals surface area contributed by atoms with Crippen molar-refractivity contribution < 1.29 is 14.3 Å². The number of carbonyl (C=O) groups excluding carboxylic acids is 2. The number of nitrogens with one attached hydrogen (secondary N) is 1. The van der Waals surface area contributed by atoms with Crippen molar-refractivity contribution in [1.82, 2.24) is 10.2 Å². The maximum Gasteiger partial charge on any atom is 0.261 e. The van der Waals surface area contributed by atoms with Gasteiger partial charge in [0.2, 0.25) is 5.91 Å². The molecular formula is C21H24BrClN2O3. The first-order valence-electron chi connectivity index (χ1n) is 9.10. The van der Waals surface area contributed by atoms with E-state index in [4.69, 9.17) is 16.3 Å². The van der Waals surface area contributed by atoms with Crippen molar-refractivity contribution in [2.75, 3.05) is 13.2 Å². The van der Waals surface area contributed by atoms with Crippen LogP contribution < -0.4 is 10.1 Å². The molecule has 1 unspecified atom stereocenters. The Morgan fingerprint density at radius 3 is 2.57 bits per heavy atom. The Kier molecular flexibility index (Phi) is 8.80. The van der Waals surface area contributed by atoms with Crippen molar-refractivity contribution in [3.05, 3.63) is 63.6 Å². The van der Waals surface area contributed by atoms with Crippen LogP contribution >= 0.6 is 27.5 Å². The Hall–Kier alpha value is -2.05. The van der Waals surface area contributed by atoms with Crippen LogP contribution in [0.25, 0.3) is 0 Å². The molecule has 5 nitrogen and oxygen atoms in total. The SMILES string of the molecule is CCCNC(=O)C(C)N(Cc1cccc(Br)c1)C(=O)COc1ccc(Cl)cc1. The molecule has 1 atom stereocenters. The molecule has 1 N–H and O–H groups in total. The summed E-state index contributed by atoms with van der Waals surface area (Å²) in [7, 11) is 0. The molecule has 0 saturated carbocycles. The number of hydrogen-bond acceptors (Lipinski definition) is 3. The van der Waals surface area contributed by atoms with Crippen LogP contribution in [0, 0.1) is 0 Å². The van der Waals surface area contributed by atoms with E-state index in [-0.39, 0.29) is 18.4 Å². The summed E-state index contributed by atoms with van der Waals surface area (Å²) in [6.07, 6.45) is 0.831. The molecule has 2 rings (SSSR count). The van der Waals surface area contributed by atoms with Crippen LogP contribution in [0.3, 0.4) is 0 Å². The normalized spacial score (nSPS) is 11.6. The second-order valence-corrected chi connectivity index (χ2v) is 7.71. The molecule has 0 fully saturated rings. The van der Waals surface area contributed by atoms with Gasteiger partial charge < -0.3 is 15.0 Å². The van der Waals surface area contributed by atoms with Gasteiger partial charge >= 0.3 is 0 Å². The summed E-state index contributed by atoms with van der Waals surface area (Å²) in [5.74, 6) is 0.0917. The highest BCUT2D eigenvalue weighted by atomic mass is 79.9. The molecule has 0 spiro atoms. The minimum Gasteiger partial charge on any atom is -0.484 e. The van der Waals surface area contributed by atoms with Crippen molar-refractivity contribution in [3.63, 3.8) is 0 Å². The lowest BCUT2D eigenvalue weighted by Gasteiger charge is -2.28. The first kappa shape index (κ1) is 22.2. The Morgan fingerprint density at radius 2 is 1.93 bits per heavy atom. The summed E-state index contributed by atoms with van der Waals surface area (Å²) >= 11 is 9.31. The minimum atomic E-state index is -0.619. The van der Waals surface area contributed by atoms with Crippen LogP contribution in [-0.2, 0) is 16.1 Å². The lowest BCUT2D eigenvalue weighted by molar-refractivity contribution is -0.142. The van der Waals surface area contributed by atoms with E-state index in [2.05, 4.69) is 21.2 Å². The number of rotatable bonds is 9. The van der Waals surface area contributed by atoms with Gasteiger partial charge in [0, 0.05) is 22.6 Å². The van der Waals surface area contributed by atoms with E-state index in [0.29, 0.717) is 23.9 Å². The van der Waals surface area contributed by atoms with Crippen LogP contribution in [0.2, 0.25) is 5.02 Å². The molecular weight excluding hydrogens is 444 g/mol. The standard InChI is InChI=1S/C21H24BrClN2O3/c1-3-11-24-21(27)15(2)25(13-16-5-4-6-17(22)12-16)20(26)14-28-19-9-7-18(23)8-10-19/h4-10,12,15H,3,11,13-14H2,1-2H3,(H,24,27). The number of halogens is 2. The first-order valence-corrected chi connectivity index (χ1v) is 10.3. The van der Waals surface area contributed by atoms with E-state index < -0.39 is 6.04 Å². The van der Waals surface area contributed by atoms with Gasteiger partial charge in [-0.1, -0.05) is 46.6 Å². The topological polar surface area (TPSA) is 58.6 Å². The van der Waals surface area contributed by atoms with E-state index >= 15 is 0 Å². The van der Waals surface area contributed by atoms with Gasteiger partial charge in [0.05, 0.1) is 0 Å². The fourth-order valence-electron chi connectivity index (χ4n) is 2.57. The average Bonchev–Trinajstić information content (AvgIpc) is 2.69. The third-order valence-electron chi connectivity index (χ3n) is 4.13. The van der Waals surface area contributed by atoms with Crippen LogP contribution in [0.15, 0.2) is 53.0 Å². The van der Waals surface area contributed by atoms with E-state index in [1.54, 1.807) is 31.2 Å². The summed E-state index contributed by atoms with van der Waals surface area (Å²) in [5.41, 5.74) is 0.921. The average molecular weight is 468 g/mol. The van der Waals surface area contributed by atoms with E-state index in [1.165, 1.54) is 4.90 Å². The minimum absolute atomic E-state index is 0.166. The predicted molar refractivity (Wildman–Crippen MR) is 114 cm³/mol. The molecule has 2 aromatic rings. The fraction of sp³-hybridized carbons (Fsp3) is 0.333. The van der Waals surface area contributed by atoms with E-state index in [0.717, 1.165) is 16.5 Å². The van der Waals surface area contributed by atoms with Crippen molar-refractivity contribution in [2.45, 2.75) is 32.9 Å². The molecule has 0 bridgehead atoms. The van der Waals surface area contributed by atoms with Crippen LogP contribution in [-0.4, -0.2) is 35.9 Å². The number of hydrogen-bond donors (Lipinski definition) is 1. The molecule has 7 heteroatoms. The molecule has 0 aliphatic heterocycles. The van der Waals surface area contributed by atoms with Gasteiger partial charge in [0.25, 0.3) is 5.91 Å². The van der Waals surface area contributed by atoms with Crippen molar-refractivity contribution in [1.29, 1.82) is 0 Å². The first-order chi connectivity index (χ1) is 13.4. The molecule has 0 radical (unpaired) electrons. The number of carbonyl (C=O) groups is 2. The number of benzene rings is 2. The fourth-order valence-corrected chi connectivity index (χ4v) is 3.14. The van der Waals surface area contributed by atoms with Gasteiger partial charge in [0.15, 0.2) is 6.61 Å².